The smallest absolute Gasteiger partial charge is 0.226 e. The number of hydrogen-bond donors (Lipinski definition) is 2. The van der Waals surface area contributed by atoms with Gasteiger partial charge in [-0.1, -0.05) is 12.1 Å². The van der Waals surface area contributed by atoms with Crippen LogP contribution in [0.25, 0.3) is 0 Å². The molecule has 1 saturated heterocycles. The standard InChI is InChI=1S/C21H29N3O3/c1-16(14-21(25)23-17-8-3-4-9-19(17)26-2)22-15-18(20-10-7-13-27-20)24-11-5-6-12-24/h3-4,7-10,13,16,18,22H,5-6,11-12,14-15H2,1-2H3,(H,23,25)/t16-,18+/m0/s1. The molecule has 2 N–H and O–H groups in total. The van der Waals surface area contributed by atoms with Crippen molar-refractivity contribution in [3.05, 3.63) is 48.4 Å². The summed E-state index contributed by atoms with van der Waals surface area (Å²) in [7, 11) is 1.60. The van der Waals surface area contributed by atoms with Crippen molar-refractivity contribution in [1.29, 1.82) is 0 Å². The predicted molar refractivity (Wildman–Crippen MR) is 106 cm³/mol. The summed E-state index contributed by atoms with van der Waals surface area (Å²) in [5.74, 6) is 1.61. The molecule has 27 heavy (non-hydrogen) atoms. The maximum Gasteiger partial charge on any atom is 0.226 e. The van der Waals surface area contributed by atoms with Crippen LogP contribution in [-0.2, 0) is 4.79 Å². The lowest BCUT2D eigenvalue weighted by Crippen LogP contribution is -2.39. The highest BCUT2D eigenvalue weighted by molar-refractivity contribution is 5.92. The molecule has 1 amide bonds. The lowest BCUT2D eigenvalue weighted by atomic mass is 10.1. The average molecular weight is 371 g/mol. The number of rotatable bonds is 9. The number of nitrogens with one attached hydrogen (secondary N) is 2. The first kappa shape index (κ1) is 19.5. The number of methoxy groups -OCH3 is 1. The van der Waals surface area contributed by atoms with Crippen LogP contribution in [0.5, 0.6) is 5.75 Å². The van der Waals surface area contributed by atoms with E-state index in [0.29, 0.717) is 17.9 Å². The van der Waals surface area contributed by atoms with Crippen molar-refractivity contribution < 1.29 is 13.9 Å². The van der Waals surface area contributed by atoms with Gasteiger partial charge in [-0.15, -0.1) is 0 Å². The molecule has 0 aliphatic carbocycles. The lowest BCUT2D eigenvalue weighted by Gasteiger charge is -2.27. The molecule has 0 radical (unpaired) electrons. The van der Waals surface area contributed by atoms with Gasteiger partial charge in [0.1, 0.15) is 11.5 Å². The number of hydrogen-bond acceptors (Lipinski definition) is 5. The average Bonchev–Trinajstić information content (AvgIpc) is 3.37. The van der Waals surface area contributed by atoms with Gasteiger partial charge in [-0.2, -0.15) is 0 Å². The molecule has 1 fully saturated rings. The molecule has 0 bridgehead atoms. The van der Waals surface area contributed by atoms with Gasteiger partial charge < -0.3 is 19.8 Å². The van der Waals surface area contributed by atoms with Crippen molar-refractivity contribution in [3.8, 4) is 5.75 Å². The zero-order valence-corrected chi connectivity index (χ0v) is 16.1. The Morgan fingerprint density at radius 3 is 2.70 bits per heavy atom. The highest BCUT2D eigenvalue weighted by atomic mass is 16.5. The van der Waals surface area contributed by atoms with Gasteiger partial charge in [0.2, 0.25) is 5.91 Å². The number of ether oxygens (including phenoxy) is 1. The summed E-state index contributed by atoms with van der Waals surface area (Å²) in [6, 6.07) is 11.7. The van der Waals surface area contributed by atoms with E-state index in [9.17, 15) is 4.79 Å². The van der Waals surface area contributed by atoms with Gasteiger partial charge in [0.15, 0.2) is 0 Å². The van der Waals surface area contributed by atoms with Crippen molar-refractivity contribution in [2.24, 2.45) is 0 Å². The van der Waals surface area contributed by atoms with E-state index >= 15 is 0 Å². The third-order valence-electron chi connectivity index (χ3n) is 4.99. The maximum atomic E-state index is 12.4. The van der Waals surface area contributed by atoms with Crippen LogP contribution in [0.3, 0.4) is 0 Å². The molecule has 6 heteroatoms. The van der Waals surface area contributed by atoms with Gasteiger partial charge in [-0.25, -0.2) is 0 Å². The largest absolute Gasteiger partial charge is 0.495 e. The third kappa shape index (κ3) is 5.34. The van der Waals surface area contributed by atoms with Crippen LogP contribution in [0, 0.1) is 0 Å². The first-order valence-corrected chi connectivity index (χ1v) is 9.61. The molecule has 2 aromatic rings. The zero-order chi connectivity index (χ0) is 19.1. The predicted octanol–water partition coefficient (Wildman–Crippen LogP) is 3.43. The molecule has 1 aliphatic heterocycles. The summed E-state index contributed by atoms with van der Waals surface area (Å²) in [5.41, 5.74) is 0.697. The molecule has 1 aliphatic rings. The Kier molecular flexibility index (Phi) is 6.90. The van der Waals surface area contributed by atoms with E-state index < -0.39 is 0 Å². The summed E-state index contributed by atoms with van der Waals surface area (Å²) in [4.78, 5) is 14.8. The Morgan fingerprint density at radius 1 is 1.22 bits per heavy atom. The number of para-hydroxylation sites is 2. The molecule has 0 saturated carbocycles. The monoisotopic (exact) mass is 371 g/mol. The normalized spacial score (nSPS) is 16.8. The second-order valence-corrected chi connectivity index (χ2v) is 7.04. The van der Waals surface area contributed by atoms with Crippen LogP contribution >= 0.6 is 0 Å². The molecule has 1 aromatic carbocycles. The van der Waals surface area contributed by atoms with Crippen molar-refractivity contribution in [1.82, 2.24) is 10.2 Å². The van der Waals surface area contributed by atoms with Crippen LogP contribution in [0.4, 0.5) is 5.69 Å². The first-order chi connectivity index (χ1) is 13.2. The molecular weight excluding hydrogens is 342 g/mol. The molecular formula is C21H29N3O3. The van der Waals surface area contributed by atoms with E-state index in [2.05, 4.69) is 15.5 Å². The molecule has 146 valence electrons. The van der Waals surface area contributed by atoms with E-state index in [1.165, 1.54) is 12.8 Å². The van der Waals surface area contributed by atoms with Crippen LogP contribution in [0.15, 0.2) is 47.1 Å². The Bertz CT molecular complexity index is 711. The fraction of sp³-hybridized carbons (Fsp3) is 0.476. The number of likely N-dealkylation sites (tertiary alicyclic amines) is 1. The summed E-state index contributed by atoms with van der Waals surface area (Å²) in [6.45, 7) is 4.98. The second kappa shape index (κ2) is 9.58. The fourth-order valence-electron chi connectivity index (χ4n) is 3.56. The van der Waals surface area contributed by atoms with E-state index in [1.54, 1.807) is 13.4 Å². The highest BCUT2D eigenvalue weighted by Gasteiger charge is 2.26. The third-order valence-corrected chi connectivity index (χ3v) is 4.99. The summed E-state index contributed by atoms with van der Waals surface area (Å²) >= 11 is 0. The van der Waals surface area contributed by atoms with Crippen LogP contribution in [0.1, 0.15) is 38.0 Å². The number of carbonyl (C=O) groups is 1. The SMILES string of the molecule is COc1ccccc1NC(=O)C[C@H](C)NC[C@H](c1ccco1)N1CCCC1. The number of carbonyl (C=O) groups excluding carboxylic acids is 1. The van der Waals surface area contributed by atoms with Crippen molar-refractivity contribution in [2.75, 3.05) is 32.1 Å². The first-order valence-electron chi connectivity index (χ1n) is 9.61. The van der Waals surface area contributed by atoms with E-state index in [4.69, 9.17) is 9.15 Å². The molecule has 2 heterocycles. The van der Waals surface area contributed by atoms with Gasteiger partial charge in [0.05, 0.1) is 25.1 Å². The minimum absolute atomic E-state index is 0.0322. The minimum Gasteiger partial charge on any atom is -0.495 e. The molecule has 2 atom stereocenters. The Labute approximate surface area is 160 Å². The van der Waals surface area contributed by atoms with Gasteiger partial charge in [-0.05, 0) is 57.1 Å². The van der Waals surface area contributed by atoms with E-state index in [-0.39, 0.29) is 18.0 Å². The molecule has 3 rings (SSSR count). The summed E-state index contributed by atoms with van der Waals surface area (Å²) in [5, 5.41) is 6.43. The summed E-state index contributed by atoms with van der Waals surface area (Å²) < 4.78 is 10.9. The molecule has 0 unspecified atom stereocenters. The quantitative estimate of drug-likeness (QED) is 0.707. The maximum absolute atomic E-state index is 12.4. The van der Waals surface area contributed by atoms with Gasteiger partial charge >= 0.3 is 0 Å². The van der Waals surface area contributed by atoms with Crippen molar-refractivity contribution in [2.45, 2.75) is 38.3 Å². The zero-order valence-electron chi connectivity index (χ0n) is 16.1. The van der Waals surface area contributed by atoms with Crippen molar-refractivity contribution in [3.63, 3.8) is 0 Å². The van der Waals surface area contributed by atoms with Gasteiger partial charge in [0.25, 0.3) is 0 Å². The Morgan fingerprint density at radius 2 is 2.00 bits per heavy atom. The summed E-state index contributed by atoms with van der Waals surface area (Å²) in [6.07, 6.45) is 4.58. The highest BCUT2D eigenvalue weighted by Crippen LogP contribution is 2.25. The number of nitrogens with zero attached hydrogens (tertiary/aromatic N) is 1. The van der Waals surface area contributed by atoms with Gasteiger partial charge in [0, 0.05) is 19.0 Å². The second-order valence-electron chi connectivity index (χ2n) is 7.04. The minimum atomic E-state index is -0.0322. The number of furan rings is 1. The number of benzene rings is 1. The number of amides is 1. The van der Waals surface area contributed by atoms with Crippen molar-refractivity contribution >= 4 is 11.6 Å². The fourth-order valence-corrected chi connectivity index (χ4v) is 3.56. The van der Waals surface area contributed by atoms with Crippen LogP contribution < -0.4 is 15.4 Å². The number of anilines is 1. The van der Waals surface area contributed by atoms with Crippen LogP contribution in [-0.4, -0.2) is 43.6 Å². The Balaban J connectivity index is 1.51. The van der Waals surface area contributed by atoms with Gasteiger partial charge in [-0.3, -0.25) is 9.69 Å². The molecule has 0 spiro atoms. The van der Waals surface area contributed by atoms with E-state index in [1.807, 2.05) is 43.3 Å². The molecule has 1 aromatic heterocycles. The lowest BCUT2D eigenvalue weighted by molar-refractivity contribution is -0.116. The Hall–Kier alpha value is -2.31. The topological polar surface area (TPSA) is 66.7 Å². The van der Waals surface area contributed by atoms with Crippen LogP contribution in [0.2, 0.25) is 0 Å². The molecule has 6 nitrogen and oxygen atoms in total. The van der Waals surface area contributed by atoms with E-state index in [0.717, 1.165) is 25.4 Å².